The molecule has 0 N–H and O–H groups in total. The highest BCUT2D eigenvalue weighted by Crippen LogP contribution is 2.37. The van der Waals surface area contributed by atoms with E-state index in [-0.39, 0.29) is 28.4 Å². The van der Waals surface area contributed by atoms with Crippen LogP contribution >= 0.6 is 0 Å². The maximum Gasteiger partial charge on any atom is 0.417 e. The molecule has 4 rings (SSSR count). The maximum atomic E-state index is 13.6. The molecule has 156 valence electrons. The highest BCUT2D eigenvalue weighted by atomic mass is 19.4. The van der Waals surface area contributed by atoms with Crippen LogP contribution in [0.2, 0.25) is 0 Å². The Hall–Kier alpha value is -3.36. The fourth-order valence-electron chi connectivity index (χ4n) is 3.80. The van der Waals surface area contributed by atoms with Gasteiger partial charge in [-0.3, -0.25) is 9.48 Å². The number of benzene rings is 1. The smallest absolute Gasteiger partial charge is 0.417 e. The average molecular weight is 416 g/mol. The molecule has 0 radical (unpaired) electrons. The molecule has 0 aliphatic rings. The molecule has 0 bridgehead atoms. The number of rotatable bonds is 4. The van der Waals surface area contributed by atoms with E-state index in [1.165, 1.54) is 18.7 Å². The van der Waals surface area contributed by atoms with E-state index in [0.29, 0.717) is 5.56 Å². The lowest BCUT2D eigenvalue weighted by Gasteiger charge is -2.11. The zero-order valence-corrected chi connectivity index (χ0v) is 16.8. The van der Waals surface area contributed by atoms with Crippen LogP contribution in [-0.4, -0.2) is 31.7 Å². The van der Waals surface area contributed by atoms with Gasteiger partial charge in [-0.15, -0.1) is 0 Å². The Labute approximate surface area is 169 Å². The monoisotopic (exact) mass is 416 g/mol. The number of carbonyl (C=O) groups excluding carboxylic acids is 1. The van der Waals surface area contributed by atoms with Gasteiger partial charge in [-0.2, -0.15) is 23.3 Å². The molecular weight excluding hydrogens is 397 g/mol. The van der Waals surface area contributed by atoms with Crippen molar-refractivity contribution in [3.8, 4) is 5.88 Å². The largest absolute Gasteiger partial charge is 0.469 e. The van der Waals surface area contributed by atoms with Crippen LogP contribution in [0.15, 0.2) is 30.3 Å². The summed E-state index contributed by atoms with van der Waals surface area (Å²) < 4.78 is 49.4. The molecule has 30 heavy (non-hydrogen) atoms. The summed E-state index contributed by atoms with van der Waals surface area (Å²) in [5.74, 6) is -0.606. The number of aromatic nitrogens is 4. The number of Topliss-reactive ketones (excluding diaryl/α,β-unsaturated/α-hetero) is 1. The SMILES string of the molecule is Cc1nn(C)c2nc(OCC(=O)c3c(C)n(C)c4ccccc34)cc(C(F)(F)F)c12. The van der Waals surface area contributed by atoms with Crippen LogP contribution in [0.3, 0.4) is 0 Å². The Morgan fingerprint density at radius 3 is 2.57 bits per heavy atom. The van der Waals surface area contributed by atoms with Crippen molar-refractivity contribution < 1.29 is 22.7 Å². The lowest BCUT2D eigenvalue weighted by atomic mass is 10.1. The van der Waals surface area contributed by atoms with Crippen LogP contribution in [0, 0.1) is 13.8 Å². The van der Waals surface area contributed by atoms with Gasteiger partial charge in [-0.25, -0.2) is 0 Å². The summed E-state index contributed by atoms with van der Waals surface area (Å²) in [4.78, 5) is 17.0. The van der Waals surface area contributed by atoms with Crippen molar-refractivity contribution in [2.45, 2.75) is 20.0 Å². The zero-order chi connectivity index (χ0) is 21.8. The van der Waals surface area contributed by atoms with Crippen LogP contribution in [0.25, 0.3) is 21.9 Å². The number of para-hydroxylation sites is 1. The van der Waals surface area contributed by atoms with Crippen molar-refractivity contribution in [2.75, 3.05) is 6.61 Å². The van der Waals surface area contributed by atoms with Crippen LogP contribution in [-0.2, 0) is 20.3 Å². The minimum atomic E-state index is -4.61. The molecule has 3 heterocycles. The maximum absolute atomic E-state index is 13.6. The number of aryl methyl sites for hydroxylation is 3. The molecule has 4 aromatic rings. The molecule has 0 fully saturated rings. The lowest BCUT2D eigenvalue weighted by molar-refractivity contribution is -0.136. The van der Waals surface area contributed by atoms with Gasteiger partial charge >= 0.3 is 6.18 Å². The van der Waals surface area contributed by atoms with Crippen LogP contribution < -0.4 is 4.74 Å². The summed E-state index contributed by atoms with van der Waals surface area (Å²) in [6.45, 7) is 2.88. The van der Waals surface area contributed by atoms with E-state index in [2.05, 4.69) is 10.1 Å². The Kier molecular flexibility index (Phi) is 4.56. The lowest BCUT2D eigenvalue weighted by Crippen LogP contribution is -2.15. The predicted molar refractivity (Wildman–Crippen MR) is 106 cm³/mol. The van der Waals surface area contributed by atoms with Crippen molar-refractivity contribution >= 4 is 27.7 Å². The van der Waals surface area contributed by atoms with Crippen molar-refractivity contribution in [3.05, 3.63) is 52.8 Å². The molecular formula is C21H19F3N4O2. The van der Waals surface area contributed by atoms with Gasteiger partial charge in [0.2, 0.25) is 11.7 Å². The summed E-state index contributed by atoms with van der Waals surface area (Å²) in [7, 11) is 3.36. The second kappa shape index (κ2) is 6.86. The third-order valence-corrected chi connectivity index (χ3v) is 5.28. The third kappa shape index (κ3) is 3.10. The first-order valence-corrected chi connectivity index (χ1v) is 9.21. The zero-order valence-electron chi connectivity index (χ0n) is 16.8. The third-order valence-electron chi connectivity index (χ3n) is 5.28. The predicted octanol–water partition coefficient (Wildman–Crippen LogP) is 4.36. The number of carbonyl (C=O) groups is 1. The second-order valence-corrected chi connectivity index (χ2v) is 7.16. The molecule has 0 saturated heterocycles. The standard InChI is InChI=1S/C21H19F3N4O2/c1-11-18-14(21(22,23)24)9-17(25-20(18)28(4)26-11)30-10-16(29)19-12(2)27(3)15-8-6-5-7-13(15)19/h5-9H,10H2,1-4H3. The number of hydrogen-bond acceptors (Lipinski definition) is 4. The molecule has 0 amide bonds. The van der Waals surface area contributed by atoms with E-state index in [0.717, 1.165) is 22.7 Å². The van der Waals surface area contributed by atoms with Crippen LogP contribution in [0.1, 0.15) is 27.3 Å². The quantitative estimate of drug-likeness (QED) is 0.464. The highest BCUT2D eigenvalue weighted by molar-refractivity contribution is 6.10. The highest BCUT2D eigenvalue weighted by Gasteiger charge is 2.35. The second-order valence-electron chi connectivity index (χ2n) is 7.16. The van der Waals surface area contributed by atoms with Gasteiger partial charge in [0.15, 0.2) is 12.3 Å². The number of nitrogens with zero attached hydrogens (tertiary/aromatic N) is 4. The van der Waals surface area contributed by atoms with Gasteiger partial charge in [-0.1, -0.05) is 18.2 Å². The molecule has 0 spiro atoms. The molecule has 9 heteroatoms. The molecule has 1 aromatic carbocycles. The molecule has 3 aromatic heterocycles. The van der Waals surface area contributed by atoms with E-state index in [4.69, 9.17) is 4.74 Å². The topological polar surface area (TPSA) is 61.9 Å². The molecule has 0 atom stereocenters. The normalized spacial score (nSPS) is 12.1. The Morgan fingerprint density at radius 1 is 1.17 bits per heavy atom. The first-order chi connectivity index (χ1) is 14.1. The molecule has 0 unspecified atom stereocenters. The molecule has 0 aliphatic carbocycles. The number of hydrogen-bond donors (Lipinski definition) is 0. The Morgan fingerprint density at radius 2 is 1.87 bits per heavy atom. The number of ketones is 1. The molecule has 0 aliphatic heterocycles. The van der Waals surface area contributed by atoms with Gasteiger partial charge < -0.3 is 9.30 Å². The number of pyridine rings is 1. The van der Waals surface area contributed by atoms with E-state index in [1.807, 2.05) is 42.8 Å². The number of fused-ring (bicyclic) bond motifs is 2. The number of halogens is 3. The Bertz CT molecular complexity index is 1300. The summed E-state index contributed by atoms with van der Waals surface area (Å²) >= 11 is 0. The summed E-state index contributed by atoms with van der Waals surface area (Å²) in [6, 6.07) is 8.26. The molecule has 6 nitrogen and oxygen atoms in total. The van der Waals surface area contributed by atoms with Gasteiger partial charge in [0.1, 0.15) is 0 Å². The minimum absolute atomic E-state index is 0.0473. The summed E-state index contributed by atoms with van der Waals surface area (Å²) in [5.41, 5.74) is 1.52. The van der Waals surface area contributed by atoms with Crippen LogP contribution in [0.5, 0.6) is 5.88 Å². The minimum Gasteiger partial charge on any atom is -0.469 e. The summed E-state index contributed by atoms with van der Waals surface area (Å²) in [5, 5.41) is 4.72. The fourth-order valence-corrected chi connectivity index (χ4v) is 3.80. The van der Waals surface area contributed by atoms with Crippen molar-refractivity contribution in [2.24, 2.45) is 14.1 Å². The van der Waals surface area contributed by atoms with E-state index >= 15 is 0 Å². The fraction of sp³-hybridized carbons (Fsp3) is 0.286. The van der Waals surface area contributed by atoms with Crippen LogP contribution in [0.4, 0.5) is 13.2 Å². The first-order valence-electron chi connectivity index (χ1n) is 9.21. The van der Waals surface area contributed by atoms with E-state index in [9.17, 15) is 18.0 Å². The number of ether oxygens (including phenoxy) is 1. The number of alkyl halides is 3. The average Bonchev–Trinajstić information content (AvgIpc) is 3.12. The first kappa shape index (κ1) is 19.9. The van der Waals surface area contributed by atoms with E-state index < -0.39 is 18.3 Å². The molecule has 0 saturated carbocycles. The van der Waals surface area contributed by atoms with Gasteiger partial charge in [0.25, 0.3) is 0 Å². The van der Waals surface area contributed by atoms with E-state index in [1.54, 1.807) is 0 Å². The van der Waals surface area contributed by atoms with Gasteiger partial charge in [0, 0.05) is 42.3 Å². The van der Waals surface area contributed by atoms with Crippen molar-refractivity contribution in [3.63, 3.8) is 0 Å². The van der Waals surface area contributed by atoms with Gasteiger partial charge in [-0.05, 0) is 19.9 Å². The Balaban J connectivity index is 1.70. The van der Waals surface area contributed by atoms with Crippen molar-refractivity contribution in [1.82, 2.24) is 19.3 Å². The van der Waals surface area contributed by atoms with Crippen molar-refractivity contribution in [1.29, 1.82) is 0 Å². The van der Waals surface area contributed by atoms with Gasteiger partial charge in [0.05, 0.1) is 16.6 Å². The summed E-state index contributed by atoms with van der Waals surface area (Å²) in [6.07, 6.45) is -4.61.